The lowest BCUT2D eigenvalue weighted by atomic mass is 9.98. The van der Waals surface area contributed by atoms with Crippen LogP contribution in [0.15, 0.2) is 82.9 Å². The van der Waals surface area contributed by atoms with Crippen molar-refractivity contribution in [3.8, 4) is 0 Å². The van der Waals surface area contributed by atoms with Crippen molar-refractivity contribution in [2.45, 2.75) is 38.0 Å². The van der Waals surface area contributed by atoms with E-state index in [2.05, 4.69) is 10.3 Å². The SMILES string of the molecule is Cc1ccc(NC(=O)CC2SC(N3N=C(c4ccc(C)cc4)CC3c3ccccc3F)=NC2=O)cc1. The predicted molar refractivity (Wildman–Crippen MR) is 142 cm³/mol. The summed E-state index contributed by atoms with van der Waals surface area (Å²) in [6.45, 7) is 3.98. The fourth-order valence-corrected chi connectivity index (χ4v) is 5.28. The number of halogens is 1. The molecule has 36 heavy (non-hydrogen) atoms. The van der Waals surface area contributed by atoms with Crippen LogP contribution in [0.2, 0.25) is 0 Å². The van der Waals surface area contributed by atoms with Gasteiger partial charge in [0.1, 0.15) is 11.1 Å². The van der Waals surface area contributed by atoms with Gasteiger partial charge in [0.25, 0.3) is 5.91 Å². The minimum absolute atomic E-state index is 0.0168. The van der Waals surface area contributed by atoms with Gasteiger partial charge in [-0.25, -0.2) is 9.40 Å². The Balaban J connectivity index is 1.36. The molecule has 2 heterocycles. The summed E-state index contributed by atoms with van der Waals surface area (Å²) in [6.07, 6.45) is 0.452. The molecule has 5 rings (SSSR count). The van der Waals surface area contributed by atoms with Crippen LogP contribution in [0.1, 0.15) is 41.1 Å². The molecule has 182 valence electrons. The van der Waals surface area contributed by atoms with Gasteiger partial charge in [-0.15, -0.1) is 0 Å². The highest BCUT2D eigenvalue weighted by Crippen LogP contribution is 2.39. The fraction of sp³-hybridized carbons (Fsp3) is 0.214. The zero-order chi connectivity index (χ0) is 25.2. The van der Waals surface area contributed by atoms with Gasteiger partial charge >= 0.3 is 0 Å². The molecule has 0 fully saturated rings. The Bertz CT molecular complexity index is 1370. The van der Waals surface area contributed by atoms with Crippen molar-refractivity contribution in [2.75, 3.05) is 5.32 Å². The summed E-state index contributed by atoms with van der Waals surface area (Å²) in [5.74, 6) is -0.991. The zero-order valence-corrected chi connectivity index (χ0v) is 20.8. The summed E-state index contributed by atoms with van der Waals surface area (Å²) in [7, 11) is 0. The Morgan fingerprint density at radius 1 is 1.03 bits per heavy atom. The lowest BCUT2D eigenvalue weighted by Crippen LogP contribution is -2.25. The number of carbonyl (C=O) groups excluding carboxylic acids is 2. The summed E-state index contributed by atoms with van der Waals surface area (Å²) in [5.41, 5.74) is 5.11. The fourth-order valence-electron chi connectivity index (χ4n) is 4.22. The summed E-state index contributed by atoms with van der Waals surface area (Å²) in [4.78, 5) is 29.6. The highest BCUT2D eigenvalue weighted by Gasteiger charge is 2.39. The van der Waals surface area contributed by atoms with E-state index in [-0.39, 0.29) is 24.1 Å². The number of hydrazone groups is 1. The van der Waals surface area contributed by atoms with Crippen LogP contribution < -0.4 is 5.32 Å². The average molecular weight is 501 g/mol. The summed E-state index contributed by atoms with van der Waals surface area (Å²) in [6, 6.07) is 21.6. The molecule has 0 saturated heterocycles. The minimum Gasteiger partial charge on any atom is -0.326 e. The predicted octanol–water partition coefficient (Wildman–Crippen LogP) is 5.62. The van der Waals surface area contributed by atoms with E-state index in [0.29, 0.717) is 22.8 Å². The minimum atomic E-state index is -0.662. The topological polar surface area (TPSA) is 74.1 Å². The van der Waals surface area contributed by atoms with Crippen LogP contribution in [0.3, 0.4) is 0 Å². The molecular weight excluding hydrogens is 475 g/mol. The van der Waals surface area contributed by atoms with Gasteiger partial charge in [0, 0.05) is 24.1 Å². The molecule has 2 aliphatic heterocycles. The number of aryl methyl sites for hydroxylation is 2. The number of nitrogens with one attached hydrogen (secondary N) is 1. The summed E-state index contributed by atoms with van der Waals surface area (Å²) >= 11 is 1.20. The number of carbonyl (C=O) groups is 2. The van der Waals surface area contributed by atoms with Crippen LogP contribution in [0.25, 0.3) is 0 Å². The van der Waals surface area contributed by atoms with Crippen molar-refractivity contribution >= 4 is 40.1 Å². The third kappa shape index (κ3) is 5.09. The summed E-state index contributed by atoms with van der Waals surface area (Å²) < 4.78 is 14.8. The number of aliphatic imine (C=N–C) groups is 1. The van der Waals surface area contributed by atoms with E-state index in [9.17, 15) is 14.0 Å². The summed E-state index contributed by atoms with van der Waals surface area (Å²) in [5, 5.41) is 8.95. The van der Waals surface area contributed by atoms with Crippen LogP contribution in [0.4, 0.5) is 10.1 Å². The lowest BCUT2D eigenvalue weighted by Gasteiger charge is -2.23. The number of rotatable bonds is 5. The van der Waals surface area contributed by atoms with Crippen molar-refractivity contribution in [2.24, 2.45) is 10.1 Å². The molecule has 0 aromatic heterocycles. The van der Waals surface area contributed by atoms with Crippen molar-refractivity contribution in [1.82, 2.24) is 5.01 Å². The molecule has 2 amide bonds. The van der Waals surface area contributed by atoms with Crippen LogP contribution >= 0.6 is 11.8 Å². The molecule has 6 nitrogen and oxygen atoms in total. The van der Waals surface area contributed by atoms with E-state index in [1.54, 1.807) is 23.2 Å². The van der Waals surface area contributed by atoms with E-state index in [4.69, 9.17) is 5.10 Å². The van der Waals surface area contributed by atoms with Crippen LogP contribution in [-0.4, -0.2) is 33.0 Å². The molecular formula is C28H25FN4O2S. The van der Waals surface area contributed by atoms with Gasteiger partial charge in [-0.3, -0.25) is 9.59 Å². The number of hydrogen-bond acceptors (Lipinski definition) is 5. The molecule has 3 aromatic rings. The van der Waals surface area contributed by atoms with Crippen molar-refractivity contribution in [1.29, 1.82) is 0 Å². The Morgan fingerprint density at radius 3 is 2.39 bits per heavy atom. The first-order valence-corrected chi connectivity index (χ1v) is 12.6. The van der Waals surface area contributed by atoms with Gasteiger partial charge in [0.05, 0.1) is 11.8 Å². The Labute approximate surface area is 213 Å². The van der Waals surface area contributed by atoms with Gasteiger partial charge in [-0.2, -0.15) is 10.1 Å². The number of amidine groups is 1. The number of anilines is 1. The first-order chi connectivity index (χ1) is 17.4. The van der Waals surface area contributed by atoms with E-state index >= 15 is 0 Å². The second kappa shape index (κ2) is 10.1. The van der Waals surface area contributed by atoms with Gasteiger partial charge < -0.3 is 5.32 Å². The van der Waals surface area contributed by atoms with Gasteiger partial charge in [0.15, 0.2) is 5.17 Å². The second-order valence-electron chi connectivity index (χ2n) is 8.96. The highest BCUT2D eigenvalue weighted by molar-refractivity contribution is 8.15. The third-order valence-corrected chi connectivity index (χ3v) is 7.33. The van der Waals surface area contributed by atoms with E-state index < -0.39 is 11.3 Å². The number of nitrogens with zero attached hydrogens (tertiary/aromatic N) is 3. The molecule has 0 aliphatic carbocycles. The molecule has 2 unspecified atom stereocenters. The molecule has 1 N–H and O–H groups in total. The lowest BCUT2D eigenvalue weighted by molar-refractivity contribution is -0.121. The first-order valence-electron chi connectivity index (χ1n) is 11.7. The maximum atomic E-state index is 14.8. The number of amides is 2. The molecule has 0 saturated carbocycles. The van der Waals surface area contributed by atoms with Gasteiger partial charge in [-0.1, -0.05) is 77.5 Å². The molecule has 8 heteroatoms. The van der Waals surface area contributed by atoms with Crippen LogP contribution in [0.5, 0.6) is 0 Å². The largest absolute Gasteiger partial charge is 0.326 e. The quantitative estimate of drug-likeness (QED) is 0.493. The van der Waals surface area contributed by atoms with Crippen LogP contribution in [-0.2, 0) is 9.59 Å². The third-order valence-electron chi connectivity index (χ3n) is 6.19. The molecule has 2 atom stereocenters. The monoisotopic (exact) mass is 500 g/mol. The molecule has 0 radical (unpaired) electrons. The van der Waals surface area contributed by atoms with Gasteiger partial charge in [-0.05, 0) is 37.6 Å². The second-order valence-corrected chi connectivity index (χ2v) is 10.1. The number of thioether (sulfide) groups is 1. The normalized spacial score (nSPS) is 19.3. The van der Waals surface area contributed by atoms with Crippen LogP contribution in [0, 0.1) is 19.7 Å². The Morgan fingerprint density at radius 2 is 1.69 bits per heavy atom. The zero-order valence-electron chi connectivity index (χ0n) is 19.9. The smallest absolute Gasteiger partial charge is 0.262 e. The van der Waals surface area contributed by atoms with Crippen molar-refractivity contribution < 1.29 is 14.0 Å². The Kier molecular flexibility index (Phi) is 6.69. The van der Waals surface area contributed by atoms with Gasteiger partial charge in [0.2, 0.25) is 5.91 Å². The average Bonchev–Trinajstić information content (AvgIpc) is 3.45. The maximum absolute atomic E-state index is 14.8. The highest BCUT2D eigenvalue weighted by atomic mass is 32.2. The number of hydrogen-bond donors (Lipinski definition) is 1. The Hall–Kier alpha value is -3.78. The van der Waals surface area contributed by atoms with E-state index in [0.717, 1.165) is 22.4 Å². The van der Waals surface area contributed by atoms with Crippen molar-refractivity contribution in [3.63, 3.8) is 0 Å². The van der Waals surface area contributed by atoms with E-state index in [1.807, 2.05) is 62.4 Å². The molecule has 0 spiro atoms. The van der Waals surface area contributed by atoms with Crippen molar-refractivity contribution in [3.05, 3.63) is 101 Å². The standard InChI is InChI=1S/C28H25FN4O2S/c1-17-7-11-19(12-8-17)23-15-24(21-5-3-4-6-22(21)29)33(32-23)28-31-27(35)25(36-28)16-26(34)30-20-13-9-18(2)10-14-20/h3-14,24-25H,15-16H2,1-2H3,(H,30,34). The molecule has 2 aliphatic rings. The van der Waals surface area contributed by atoms with E-state index in [1.165, 1.54) is 17.8 Å². The molecule has 0 bridgehead atoms. The number of benzene rings is 3. The first kappa shape index (κ1) is 23.9. The maximum Gasteiger partial charge on any atom is 0.262 e. The molecule has 3 aromatic carbocycles.